The minimum Gasteiger partial charge on any atom is -0.352 e. The quantitative estimate of drug-likeness (QED) is 0.665. The number of rotatable bonds is 4. The van der Waals surface area contributed by atoms with Gasteiger partial charge in [-0.3, -0.25) is 4.79 Å². The van der Waals surface area contributed by atoms with E-state index < -0.39 is 5.82 Å². The Kier molecular flexibility index (Phi) is 5.60. The summed E-state index contributed by atoms with van der Waals surface area (Å²) in [5, 5.41) is 6.33. The summed E-state index contributed by atoms with van der Waals surface area (Å²) in [7, 11) is 0. The number of allylic oxidation sites excluding steroid dienone is 1. The van der Waals surface area contributed by atoms with Crippen molar-refractivity contribution in [3.8, 4) is 0 Å². The molecule has 0 spiro atoms. The third kappa shape index (κ3) is 3.60. The van der Waals surface area contributed by atoms with E-state index in [4.69, 9.17) is 11.6 Å². The van der Waals surface area contributed by atoms with Gasteiger partial charge in [-0.25, -0.2) is 14.4 Å². The number of amides is 1. The van der Waals surface area contributed by atoms with Gasteiger partial charge in [0.2, 0.25) is 0 Å². The molecule has 0 saturated heterocycles. The molecule has 1 aliphatic carbocycles. The summed E-state index contributed by atoms with van der Waals surface area (Å²) in [6, 6.07) is 1.68. The van der Waals surface area contributed by atoms with E-state index in [2.05, 4.69) is 20.6 Å². The summed E-state index contributed by atoms with van der Waals surface area (Å²) in [4.78, 5) is 20.9. The van der Waals surface area contributed by atoms with Crippen molar-refractivity contribution in [1.29, 1.82) is 0 Å². The molecule has 2 aliphatic rings. The Morgan fingerprint density at radius 2 is 2.00 bits per heavy atom. The number of nitrogens with zero attached hydrogens (tertiary/aromatic N) is 2. The van der Waals surface area contributed by atoms with Crippen LogP contribution in [0.1, 0.15) is 50.3 Å². The Hall–Kier alpha value is -2.73. The van der Waals surface area contributed by atoms with Gasteiger partial charge in [-0.2, -0.15) is 0 Å². The van der Waals surface area contributed by atoms with E-state index in [-0.39, 0.29) is 11.7 Å². The van der Waals surface area contributed by atoms with Crippen LogP contribution >= 0.6 is 11.6 Å². The van der Waals surface area contributed by atoms with Crippen LogP contribution in [0.15, 0.2) is 35.2 Å². The highest BCUT2D eigenvalue weighted by molar-refractivity contribution is 6.29. The van der Waals surface area contributed by atoms with E-state index >= 15 is 4.39 Å². The van der Waals surface area contributed by atoms with Gasteiger partial charge in [-0.05, 0) is 67.9 Å². The molecular formula is C23H24ClFN4O. The maximum absolute atomic E-state index is 15.6. The third-order valence-electron chi connectivity index (χ3n) is 5.90. The van der Waals surface area contributed by atoms with E-state index in [1.165, 1.54) is 0 Å². The van der Waals surface area contributed by atoms with Gasteiger partial charge in [0.15, 0.2) is 11.6 Å². The number of fused-ring (bicyclic) bond motifs is 1. The number of nitrogens with one attached hydrogen (secondary N) is 2. The molecule has 30 heavy (non-hydrogen) atoms. The predicted octanol–water partition coefficient (Wildman–Crippen LogP) is 5.13. The number of aryl methyl sites for hydroxylation is 2. The second-order valence-corrected chi connectivity index (χ2v) is 8.12. The lowest BCUT2D eigenvalue weighted by molar-refractivity contribution is -0.117. The van der Waals surface area contributed by atoms with Crippen LogP contribution in [0.2, 0.25) is 5.15 Å². The molecule has 0 bridgehead atoms. The van der Waals surface area contributed by atoms with E-state index in [9.17, 15) is 4.79 Å². The summed E-state index contributed by atoms with van der Waals surface area (Å²) in [6.45, 7) is 6.53. The number of hydrogen-bond donors (Lipinski definition) is 2. The minimum absolute atomic E-state index is 0.0663. The smallest absolute Gasteiger partial charge is 0.251 e. The van der Waals surface area contributed by atoms with Crippen molar-refractivity contribution in [3.63, 3.8) is 0 Å². The van der Waals surface area contributed by atoms with Crippen molar-refractivity contribution in [2.75, 3.05) is 11.9 Å². The van der Waals surface area contributed by atoms with Gasteiger partial charge in [0, 0.05) is 35.8 Å². The summed E-state index contributed by atoms with van der Waals surface area (Å²) in [5.74, 6) is -0.333. The third-order valence-corrected chi connectivity index (χ3v) is 6.10. The van der Waals surface area contributed by atoms with E-state index in [1.807, 2.05) is 20.8 Å². The lowest BCUT2D eigenvalue weighted by Crippen LogP contribution is -2.32. The van der Waals surface area contributed by atoms with Crippen LogP contribution in [0.4, 0.5) is 15.9 Å². The number of pyridine rings is 2. The van der Waals surface area contributed by atoms with Crippen LogP contribution in [0.5, 0.6) is 0 Å². The Morgan fingerprint density at radius 3 is 2.73 bits per heavy atom. The minimum atomic E-state index is -0.411. The summed E-state index contributed by atoms with van der Waals surface area (Å²) >= 11 is 6.04. The average molecular weight is 427 g/mol. The van der Waals surface area contributed by atoms with Crippen molar-refractivity contribution >= 4 is 34.6 Å². The largest absolute Gasteiger partial charge is 0.352 e. The molecule has 7 heteroatoms. The topological polar surface area (TPSA) is 66.9 Å². The first kappa shape index (κ1) is 20.5. The van der Waals surface area contributed by atoms with Crippen molar-refractivity contribution in [2.24, 2.45) is 0 Å². The fraction of sp³-hybridized carbons (Fsp3) is 0.348. The number of carbonyl (C=O) groups is 1. The zero-order chi connectivity index (χ0) is 21.4. The first-order valence-electron chi connectivity index (χ1n) is 10.2. The molecule has 0 fully saturated rings. The molecule has 5 nitrogen and oxygen atoms in total. The molecule has 4 rings (SSSR count). The highest BCUT2D eigenvalue weighted by atomic mass is 35.5. The van der Waals surface area contributed by atoms with E-state index in [0.717, 1.165) is 40.7 Å². The fourth-order valence-corrected chi connectivity index (χ4v) is 4.42. The van der Waals surface area contributed by atoms with Crippen molar-refractivity contribution in [3.05, 3.63) is 62.8 Å². The van der Waals surface area contributed by atoms with Crippen LogP contribution in [-0.2, 0) is 17.6 Å². The van der Waals surface area contributed by atoms with Crippen LogP contribution in [0.3, 0.4) is 0 Å². The molecule has 1 amide bonds. The molecule has 0 atom stereocenters. The molecule has 0 aromatic carbocycles. The highest BCUT2D eigenvalue weighted by Gasteiger charge is 2.29. The molecule has 0 radical (unpaired) electrons. The van der Waals surface area contributed by atoms with Gasteiger partial charge in [0.05, 0.1) is 0 Å². The Labute approximate surface area is 180 Å². The van der Waals surface area contributed by atoms with Gasteiger partial charge < -0.3 is 10.6 Å². The molecule has 2 N–H and O–H groups in total. The zero-order valence-corrected chi connectivity index (χ0v) is 18.1. The number of aromatic nitrogens is 2. The van der Waals surface area contributed by atoms with Crippen molar-refractivity contribution in [2.45, 2.75) is 46.5 Å². The Balaban J connectivity index is 1.79. The maximum atomic E-state index is 15.6. The van der Waals surface area contributed by atoms with Crippen LogP contribution < -0.4 is 10.6 Å². The zero-order valence-electron chi connectivity index (χ0n) is 17.3. The second-order valence-electron chi connectivity index (χ2n) is 7.73. The number of hydrogen-bond acceptors (Lipinski definition) is 4. The normalized spacial score (nSPS) is 16.5. The van der Waals surface area contributed by atoms with Gasteiger partial charge in [-0.15, -0.1) is 0 Å². The molecule has 2 aromatic heterocycles. The number of halogens is 2. The monoisotopic (exact) mass is 426 g/mol. The fourth-order valence-electron chi connectivity index (χ4n) is 4.26. The molecule has 156 valence electrons. The summed E-state index contributed by atoms with van der Waals surface area (Å²) in [6.07, 6.45) is 6.30. The first-order chi connectivity index (χ1) is 14.4. The van der Waals surface area contributed by atoms with E-state index in [1.54, 1.807) is 18.5 Å². The molecule has 0 unspecified atom stereocenters. The standard InChI is InChI=1S/C23H24ClFN4O/c1-4-14-10-27-18(24)9-17(14)29-22-21(25)20-13(3)16(6-5-15(20)11-28-22)19-12(2)7-8-26-23(19)30/h9-11H,4-8H2,1-3H3,(H,26,30)(H,27,28,29). The number of carbonyl (C=O) groups excluding carboxylic acids is 1. The van der Waals surface area contributed by atoms with Crippen LogP contribution in [-0.4, -0.2) is 22.4 Å². The predicted molar refractivity (Wildman–Crippen MR) is 117 cm³/mol. The molecular weight excluding hydrogens is 403 g/mol. The van der Waals surface area contributed by atoms with Gasteiger partial charge in [0.25, 0.3) is 5.91 Å². The van der Waals surface area contributed by atoms with Crippen molar-refractivity contribution in [1.82, 2.24) is 15.3 Å². The number of anilines is 2. The lowest BCUT2D eigenvalue weighted by Gasteiger charge is -2.27. The molecule has 3 heterocycles. The summed E-state index contributed by atoms with van der Waals surface area (Å²) < 4.78 is 15.6. The first-order valence-corrected chi connectivity index (χ1v) is 10.6. The van der Waals surface area contributed by atoms with Gasteiger partial charge in [0.1, 0.15) is 5.15 Å². The Morgan fingerprint density at radius 1 is 1.20 bits per heavy atom. The average Bonchev–Trinajstić information content (AvgIpc) is 2.71. The van der Waals surface area contributed by atoms with Crippen LogP contribution in [0, 0.1) is 5.82 Å². The summed E-state index contributed by atoms with van der Waals surface area (Å²) in [5.41, 5.74) is 6.50. The van der Waals surface area contributed by atoms with Gasteiger partial charge >= 0.3 is 0 Å². The van der Waals surface area contributed by atoms with Crippen molar-refractivity contribution < 1.29 is 9.18 Å². The lowest BCUT2D eigenvalue weighted by atomic mass is 9.81. The van der Waals surface area contributed by atoms with Crippen LogP contribution in [0.25, 0.3) is 5.57 Å². The Bertz CT molecular complexity index is 1110. The van der Waals surface area contributed by atoms with E-state index in [0.29, 0.717) is 41.4 Å². The molecule has 2 aromatic rings. The molecule has 1 aliphatic heterocycles. The second kappa shape index (κ2) is 8.19. The molecule has 0 saturated carbocycles. The maximum Gasteiger partial charge on any atom is 0.251 e. The van der Waals surface area contributed by atoms with Gasteiger partial charge in [-0.1, -0.05) is 24.1 Å². The highest BCUT2D eigenvalue weighted by Crippen LogP contribution is 2.39. The SMILES string of the molecule is CCc1cnc(Cl)cc1Nc1ncc2c(c1F)C(C)=C(C1=C(C)CCNC1=O)CC2.